The van der Waals surface area contributed by atoms with Gasteiger partial charge < -0.3 is 10.1 Å². The first-order valence-electron chi connectivity index (χ1n) is 9.30. The summed E-state index contributed by atoms with van der Waals surface area (Å²) >= 11 is 0. The number of methoxy groups -OCH3 is 1. The van der Waals surface area contributed by atoms with E-state index in [1.807, 2.05) is 12.1 Å². The van der Waals surface area contributed by atoms with E-state index in [2.05, 4.69) is 16.2 Å². The summed E-state index contributed by atoms with van der Waals surface area (Å²) in [5.74, 6) is -0.613. The number of benzene rings is 1. The van der Waals surface area contributed by atoms with Crippen LogP contribution in [-0.4, -0.2) is 57.0 Å². The summed E-state index contributed by atoms with van der Waals surface area (Å²) in [4.78, 5) is 24.3. The Kier molecular flexibility index (Phi) is 8.06. The number of anilines is 1. The Bertz CT molecular complexity index is 784. The molecule has 9 nitrogen and oxygen atoms in total. The van der Waals surface area contributed by atoms with E-state index >= 15 is 0 Å². The molecule has 1 aliphatic heterocycles. The number of sulfonamides is 1. The third-order valence-corrected chi connectivity index (χ3v) is 6.52. The Hall–Kier alpha value is -2.33. The molecule has 28 heavy (non-hydrogen) atoms. The van der Waals surface area contributed by atoms with Crippen molar-refractivity contribution in [3.63, 3.8) is 0 Å². The zero-order valence-electron chi connectivity index (χ0n) is 16.2. The van der Waals surface area contributed by atoms with Crippen molar-refractivity contribution in [2.75, 3.05) is 37.8 Å². The number of carbonyl (C=O) groups is 2. The molecule has 1 fully saturated rings. The zero-order chi connectivity index (χ0) is 20.6. The van der Waals surface area contributed by atoms with E-state index in [1.54, 1.807) is 19.1 Å². The number of hydrazine groups is 1. The molecule has 156 valence electrons. The van der Waals surface area contributed by atoms with Gasteiger partial charge in [-0.15, -0.1) is 0 Å². The fourth-order valence-corrected chi connectivity index (χ4v) is 4.63. The molecule has 0 aromatic heterocycles. The SMILES string of the molecule is CCCS(=O)(=O)N1CCCC(C(=O)NNC(=O)CNc2ccccc2OC)C1. The van der Waals surface area contributed by atoms with Crippen LogP contribution in [0.4, 0.5) is 5.69 Å². The predicted octanol–water partition coefficient (Wildman–Crippen LogP) is 0.706. The minimum atomic E-state index is -3.33. The highest BCUT2D eigenvalue weighted by Gasteiger charge is 2.31. The Labute approximate surface area is 165 Å². The van der Waals surface area contributed by atoms with Crippen molar-refractivity contribution in [1.29, 1.82) is 0 Å². The molecule has 0 radical (unpaired) electrons. The van der Waals surface area contributed by atoms with Crippen LogP contribution in [0.15, 0.2) is 24.3 Å². The summed E-state index contributed by atoms with van der Waals surface area (Å²) in [7, 11) is -1.80. The molecule has 3 N–H and O–H groups in total. The lowest BCUT2D eigenvalue weighted by molar-refractivity contribution is -0.131. The number of hydrogen-bond acceptors (Lipinski definition) is 6. The average molecular weight is 413 g/mol. The number of rotatable bonds is 8. The zero-order valence-corrected chi connectivity index (χ0v) is 17.0. The van der Waals surface area contributed by atoms with Gasteiger partial charge in [-0.25, -0.2) is 12.7 Å². The fraction of sp³-hybridized carbons (Fsp3) is 0.556. The summed E-state index contributed by atoms with van der Waals surface area (Å²) < 4.78 is 31.0. The van der Waals surface area contributed by atoms with Crippen LogP contribution >= 0.6 is 0 Å². The maximum Gasteiger partial charge on any atom is 0.257 e. The lowest BCUT2D eigenvalue weighted by Gasteiger charge is -2.31. The minimum absolute atomic E-state index is 0.0532. The van der Waals surface area contributed by atoms with Crippen LogP contribution in [0.25, 0.3) is 0 Å². The molecule has 1 saturated heterocycles. The highest BCUT2D eigenvalue weighted by Crippen LogP contribution is 2.22. The maximum atomic E-state index is 12.3. The van der Waals surface area contributed by atoms with Gasteiger partial charge in [0.2, 0.25) is 15.9 Å². The lowest BCUT2D eigenvalue weighted by atomic mass is 9.99. The van der Waals surface area contributed by atoms with E-state index < -0.39 is 21.8 Å². The number of piperidine rings is 1. The number of ether oxygens (including phenoxy) is 1. The Balaban J connectivity index is 1.80. The molecule has 1 unspecified atom stereocenters. The molecule has 1 aromatic rings. The van der Waals surface area contributed by atoms with Crippen LogP contribution in [0.3, 0.4) is 0 Å². The van der Waals surface area contributed by atoms with Gasteiger partial charge in [-0.1, -0.05) is 19.1 Å². The van der Waals surface area contributed by atoms with E-state index in [0.29, 0.717) is 37.2 Å². The molecule has 0 spiro atoms. The van der Waals surface area contributed by atoms with E-state index in [-0.39, 0.29) is 24.7 Å². The van der Waals surface area contributed by atoms with Crippen LogP contribution in [0, 0.1) is 5.92 Å². The normalized spacial score (nSPS) is 17.6. The monoisotopic (exact) mass is 412 g/mol. The van der Waals surface area contributed by atoms with Gasteiger partial charge in [0.25, 0.3) is 5.91 Å². The second kappa shape index (κ2) is 10.3. The number of hydrogen-bond donors (Lipinski definition) is 3. The van der Waals surface area contributed by atoms with E-state index in [9.17, 15) is 18.0 Å². The van der Waals surface area contributed by atoms with Crippen molar-refractivity contribution in [2.45, 2.75) is 26.2 Å². The summed E-state index contributed by atoms with van der Waals surface area (Å²) in [6.45, 7) is 2.33. The van der Waals surface area contributed by atoms with Crippen molar-refractivity contribution in [2.24, 2.45) is 5.92 Å². The number of nitrogens with one attached hydrogen (secondary N) is 3. The predicted molar refractivity (Wildman–Crippen MR) is 106 cm³/mol. The second-order valence-corrected chi connectivity index (χ2v) is 8.69. The molecule has 2 rings (SSSR count). The van der Waals surface area contributed by atoms with Gasteiger partial charge in [0.15, 0.2) is 0 Å². The lowest BCUT2D eigenvalue weighted by Crippen LogP contribution is -2.51. The first-order chi connectivity index (χ1) is 13.4. The van der Waals surface area contributed by atoms with Crippen LogP contribution in [0.2, 0.25) is 0 Å². The third-order valence-electron chi connectivity index (χ3n) is 4.48. The number of amides is 2. The van der Waals surface area contributed by atoms with Crippen molar-refractivity contribution in [3.05, 3.63) is 24.3 Å². The smallest absolute Gasteiger partial charge is 0.257 e. The Morgan fingerprint density at radius 3 is 2.71 bits per heavy atom. The summed E-state index contributed by atoms with van der Waals surface area (Å²) in [6.07, 6.45) is 1.73. The first kappa shape index (κ1) is 22.0. The van der Waals surface area contributed by atoms with Crippen molar-refractivity contribution in [3.8, 4) is 5.75 Å². The molecule has 10 heteroatoms. The molecule has 0 bridgehead atoms. The summed E-state index contributed by atoms with van der Waals surface area (Å²) in [6, 6.07) is 7.17. The van der Waals surface area contributed by atoms with Gasteiger partial charge in [0.05, 0.1) is 31.0 Å². The highest BCUT2D eigenvalue weighted by atomic mass is 32.2. The fourth-order valence-electron chi connectivity index (χ4n) is 3.04. The van der Waals surface area contributed by atoms with E-state index in [4.69, 9.17) is 4.74 Å². The molecular weight excluding hydrogens is 384 g/mol. The standard InChI is InChI=1S/C18H28N4O5S/c1-3-11-28(25,26)22-10-6-7-14(13-22)18(24)21-20-17(23)12-19-15-8-4-5-9-16(15)27-2/h4-5,8-9,14,19H,3,6-7,10-13H2,1-2H3,(H,20,23)(H,21,24). The molecule has 1 atom stereocenters. The quantitative estimate of drug-likeness (QED) is 0.542. The van der Waals surface area contributed by atoms with Crippen molar-refractivity contribution >= 4 is 27.5 Å². The first-order valence-corrected chi connectivity index (χ1v) is 10.9. The summed E-state index contributed by atoms with van der Waals surface area (Å²) in [5.41, 5.74) is 5.41. The second-order valence-electron chi connectivity index (χ2n) is 6.60. The number of nitrogens with zero attached hydrogens (tertiary/aromatic N) is 1. The van der Waals surface area contributed by atoms with Crippen LogP contribution < -0.4 is 20.9 Å². The summed E-state index contributed by atoms with van der Waals surface area (Å²) in [5, 5.41) is 2.93. The van der Waals surface area contributed by atoms with Crippen LogP contribution in [0.5, 0.6) is 5.75 Å². The van der Waals surface area contributed by atoms with E-state index in [0.717, 1.165) is 0 Å². The van der Waals surface area contributed by atoms with Crippen molar-refractivity contribution in [1.82, 2.24) is 15.2 Å². The van der Waals surface area contributed by atoms with Gasteiger partial charge in [-0.3, -0.25) is 20.4 Å². The molecule has 0 saturated carbocycles. The largest absolute Gasteiger partial charge is 0.495 e. The minimum Gasteiger partial charge on any atom is -0.495 e. The van der Waals surface area contributed by atoms with Crippen LogP contribution in [0.1, 0.15) is 26.2 Å². The third kappa shape index (κ3) is 6.10. The average Bonchev–Trinajstić information content (AvgIpc) is 2.70. The Morgan fingerprint density at radius 2 is 2.00 bits per heavy atom. The maximum absolute atomic E-state index is 12.3. The van der Waals surface area contributed by atoms with Gasteiger partial charge in [0, 0.05) is 13.1 Å². The van der Waals surface area contributed by atoms with Gasteiger partial charge in [-0.05, 0) is 31.4 Å². The molecule has 1 aromatic carbocycles. The highest BCUT2D eigenvalue weighted by molar-refractivity contribution is 7.89. The molecule has 0 aliphatic carbocycles. The topological polar surface area (TPSA) is 117 Å². The van der Waals surface area contributed by atoms with Gasteiger partial charge >= 0.3 is 0 Å². The van der Waals surface area contributed by atoms with Gasteiger partial charge in [-0.2, -0.15) is 0 Å². The van der Waals surface area contributed by atoms with Crippen molar-refractivity contribution < 1.29 is 22.7 Å². The Morgan fingerprint density at radius 1 is 1.25 bits per heavy atom. The van der Waals surface area contributed by atoms with E-state index in [1.165, 1.54) is 11.4 Å². The molecule has 2 amide bonds. The van der Waals surface area contributed by atoms with Crippen LogP contribution in [-0.2, 0) is 19.6 Å². The molecule has 1 heterocycles. The molecular formula is C18H28N4O5S. The van der Waals surface area contributed by atoms with Gasteiger partial charge in [0.1, 0.15) is 5.75 Å². The number of para-hydroxylation sites is 2. The number of carbonyl (C=O) groups excluding carboxylic acids is 2. The molecule has 1 aliphatic rings.